The van der Waals surface area contributed by atoms with Crippen LogP contribution in [-0.4, -0.2) is 11.9 Å². The minimum Gasteiger partial charge on any atom is -0.457 e. The van der Waals surface area contributed by atoms with Crippen molar-refractivity contribution in [3.8, 4) is 35.1 Å². The van der Waals surface area contributed by atoms with Gasteiger partial charge in [0.25, 0.3) is 0 Å². The predicted molar refractivity (Wildman–Crippen MR) is 233 cm³/mol. The zero-order valence-corrected chi connectivity index (χ0v) is 35.1. The lowest BCUT2D eigenvalue weighted by Crippen LogP contribution is -2.22. The molecule has 0 aliphatic heterocycles. The van der Waals surface area contributed by atoms with Crippen molar-refractivity contribution in [2.45, 2.75) is 51.7 Å². The van der Waals surface area contributed by atoms with E-state index < -0.39 is 36.0 Å². The minimum absolute atomic E-state index is 0.00855. The summed E-state index contributed by atoms with van der Waals surface area (Å²) >= 11 is 11.9. The number of hydrogen-bond acceptors (Lipinski definition) is 8. The predicted octanol–water partition coefficient (Wildman–Crippen LogP) is 13.4. The highest BCUT2D eigenvalue weighted by Gasteiger charge is 2.30. The third-order valence-corrected chi connectivity index (χ3v) is 9.79. The number of halogens is 2. The van der Waals surface area contributed by atoms with Crippen molar-refractivity contribution in [1.29, 1.82) is 10.5 Å². The maximum atomic E-state index is 13.0. The third-order valence-electron chi connectivity index (χ3n) is 9.28. The van der Waals surface area contributed by atoms with Crippen LogP contribution in [-0.2, 0) is 19.1 Å². The molecule has 304 valence electrons. The van der Waals surface area contributed by atoms with E-state index in [2.05, 4.69) is 12.1 Å². The number of esters is 2. The summed E-state index contributed by atoms with van der Waals surface area (Å²) in [5.41, 5.74) is 2.71. The normalized spacial score (nSPS) is 12.6. The van der Waals surface area contributed by atoms with Crippen LogP contribution >= 0.6 is 23.2 Å². The van der Waals surface area contributed by atoms with Crippen LogP contribution in [0.5, 0.6) is 23.0 Å². The van der Waals surface area contributed by atoms with E-state index in [1.807, 2.05) is 113 Å². The summed E-state index contributed by atoms with van der Waals surface area (Å²) in [5, 5.41) is 20.5. The fourth-order valence-electron chi connectivity index (χ4n) is 6.37. The Morgan fingerprint density at radius 3 is 1.10 bits per heavy atom. The van der Waals surface area contributed by atoms with Gasteiger partial charge >= 0.3 is 11.9 Å². The maximum absolute atomic E-state index is 13.0. The molecule has 4 atom stereocenters. The molecule has 0 saturated carbocycles. The van der Waals surface area contributed by atoms with Crippen molar-refractivity contribution < 1.29 is 28.5 Å². The van der Waals surface area contributed by atoms with Crippen LogP contribution in [0.2, 0.25) is 10.0 Å². The van der Waals surface area contributed by atoms with Crippen LogP contribution in [0.3, 0.4) is 0 Å². The van der Waals surface area contributed by atoms with E-state index in [1.54, 1.807) is 72.8 Å². The number of ether oxygens (including phenoxy) is 4. The molecular weight excluding hydrogens is 795 g/mol. The molecule has 0 N–H and O–H groups in total. The molecule has 0 spiro atoms. The highest BCUT2D eigenvalue weighted by molar-refractivity contribution is 6.30. The van der Waals surface area contributed by atoms with Crippen LogP contribution in [0.25, 0.3) is 0 Å². The maximum Gasteiger partial charge on any atom is 0.315 e. The smallest absolute Gasteiger partial charge is 0.315 e. The number of carbonyl (C=O) groups excluding carboxylic acids is 2. The summed E-state index contributed by atoms with van der Waals surface area (Å²) in [4.78, 5) is 25.9. The number of para-hydroxylation sites is 2. The summed E-state index contributed by atoms with van der Waals surface area (Å²) in [7, 11) is 0. The van der Waals surface area contributed by atoms with E-state index in [9.17, 15) is 20.1 Å². The Bertz CT molecular complexity index is 2220. The lowest BCUT2D eigenvalue weighted by Gasteiger charge is -2.22. The average molecular weight is 840 g/mol. The molecule has 0 aliphatic carbocycles. The van der Waals surface area contributed by atoms with Crippen LogP contribution in [0.15, 0.2) is 158 Å². The topological polar surface area (TPSA) is 119 Å². The zero-order chi connectivity index (χ0) is 43.0. The van der Waals surface area contributed by atoms with Crippen LogP contribution < -0.4 is 9.47 Å². The van der Waals surface area contributed by atoms with Gasteiger partial charge in [0.15, 0.2) is 0 Å². The Kier molecular flexibility index (Phi) is 16.3. The number of rotatable bonds is 14. The molecule has 0 aliphatic rings. The first-order chi connectivity index (χ1) is 28.9. The monoisotopic (exact) mass is 838 g/mol. The Balaban J connectivity index is 0.000000228. The number of hydrogen-bond donors (Lipinski definition) is 0. The highest BCUT2D eigenvalue weighted by Crippen LogP contribution is 2.33. The first-order valence-electron chi connectivity index (χ1n) is 19.3. The fourth-order valence-corrected chi connectivity index (χ4v) is 6.63. The Hall–Kier alpha value is -6.58. The molecule has 0 fully saturated rings. The van der Waals surface area contributed by atoms with Crippen molar-refractivity contribution in [3.63, 3.8) is 0 Å². The molecule has 4 unspecified atom stereocenters. The summed E-state index contributed by atoms with van der Waals surface area (Å²) in [6.45, 7) is 7.76. The first kappa shape index (κ1) is 44.5. The zero-order valence-electron chi connectivity index (χ0n) is 33.6. The van der Waals surface area contributed by atoms with Gasteiger partial charge in [-0.2, -0.15) is 10.5 Å². The Morgan fingerprint density at radius 1 is 0.450 bits per heavy atom. The van der Waals surface area contributed by atoms with Crippen molar-refractivity contribution in [2.24, 2.45) is 11.8 Å². The summed E-state index contributed by atoms with van der Waals surface area (Å²) in [5.74, 6) is 0.577. The highest BCUT2D eigenvalue weighted by atomic mass is 35.5. The largest absolute Gasteiger partial charge is 0.457 e. The first-order valence-corrected chi connectivity index (χ1v) is 20.1. The molecular formula is C50H44Cl2N2O6. The molecule has 0 aromatic heterocycles. The average Bonchev–Trinajstić information content (AvgIpc) is 3.24. The lowest BCUT2D eigenvalue weighted by molar-refractivity contribution is -0.150. The van der Waals surface area contributed by atoms with Crippen molar-refractivity contribution >= 4 is 35.1 Å². The van der Waals surface area contributed by atoms with Crippen LogP contribution in [0, 0.1) is 34.5 Å². The van der Waals surface area contributed by atoms with Crippen LogP contribution in [0.4, 0.5) is 0 Å². The van der Waals surface area contributed by atoms with E-state index in [4.69, 9.17) is 42.1 Å². The van der Waals surface area contributed by atoms with E-state index in [0.717, 1.165) is 11.1 Å². The Morgan fingerprint density at radius 2 is 0.783 bits per heavy atom. The standard InChI is InChI=1S/2C25H22ClNO3/c2*1-17(2)24(18-11-13-20(26)14-12-18)25(28)30-23(16-27)19-7-6-10-22(15-19)29-21-8-4-3-5-9-21/h2*3-15,17,23-24H,1-2H3. The van der Waals surface area contributed by atoms with Gasteiger partial charge in [-0.1, -0.05) is 136 Å². The molecule has 6 aromatic rings. The molecule has 0 heterocycles. The quantitative estimate of drug-likeness (QED) is 0.0995. The van der Waals surface area contributed by atoms with Gasteiger partial charge in [0.05, 0.1) is 11.8 Å². The number of nitriles is 2. The molecule has 60 heavy (non-hydrogen) atoms. The van der Waals surface area contributed by atoms with E-state index in [1.165, 1.54) is 0 Å². The van der Waals surface area contributed by atoms with Gasteiger partial charge in [0.2, 0.25) is 12.2 Å². The van der Waals surface area contributed by atoms with E-state index in [0.29, 0.717) is 44.2 Å². The van der Waals surface area contributed by atoms with E-state index in [-0.39, 0.29) is 11.8 Å². The van der Waals surface area contributed by atoms with Crippen molar-refractivity contribution in [3.05, 3.63) is 190 Å². The number of benzene rings is 6. The molecule has 0 amide bonds. The molecule has 0 bridgehead atoms. The SMILES string of the molecule is CC(C)C(C(=O)OC(C#N)c1cccc(Oc2ccccc2)c1)c1ccc(Cl)cc1.CC(C)C(C(=O)OC(C#N)c1cccc(Oc2ccccc2)c1)c1ccc(Cl)cc1. The molecule has 0 radical (unpaired) electrons. The molecule has 8 nitrogen and oxygen atoms in total. The number of nitrogens with zero attached hydrogens (tertiary/aromatic N) is 2. The lowest BCUT2D eigenvalue weighted by atomic mass is 9.88. The second-order valence-electron chi connectivity index (χ2n) is 14.4. The van der Waals surface area contributed by atoms with Gasteiger partial charge in [-0.25, -0.2) is 0 Å². The van der Waals surface area contributed by atoms with Gasteiger partial charge in [0, 0.05) is 21.2 Å². The summed E-state index contributed by atoms with van der Waals surface area (Å²) in [6, 6.07) is 51.1. The second-order valence-corrected chi connectivity index (χ2v) is 15.3. The van der Waals surface area contributed by atoms with Crippen molar-refractivity contribution in [2.75, 3.05) is 0 Å². The van der Waals surface area contributed by atoms with Crippen LogP contribution in [0.1, 0.15) is 74.0 Å². The summed E-state index contributed by atoms with van der Waals surface area (Å²) < 4.78 is 22.9. The third kappa shape index (κ3) is 12.7. The van der Waals surface area contributed by atoms with Gasteiger partial charge in [0.1, 0.15) is 35.1 Å². The fraction of sp³-hybridized carbons (Fsp3) is 0.200. The van der Waals surface area contributed by atoms with Crippen molar-refractivity contribution in [1.82, 2.24) is 0 Å². The molecule has 6 rings (SSSR count). The number of carbonyl (C=O) groups is 2. The van der Waals surface area contributed by atoms with Gasteiger partial charge in [-0.15, -0.1) is 0 Å². The van der Waals surface area contributed by atoms with Gasteiger partial charge in [-0.05, 0) is 95.8 Å². The Labute approximate surface area is 361 Å². The summed E-state index contributed by atoms with van der Waals surface area (Å²) in [6.07, 6.45) is -2.07. The molecule has 6 aromatic carbocycles. The van der Waals surface area contributed by atoms with Gasteiger partial charge in [-0.3, -0.25) is 9.59 Å². The van der Waals surface area contributed by atoms with E-state index >= 15 is 0 Å². The second kappa shape index (κ2) is 22.0. The van der Waals surface area contributed by atoms with Gasteiger partial charge < -0.3 is 18.9 Å². The molecule has 10 heteroatoms. The minimum atomic E-state index is -1.04. The molecule has 0 saturated heterocycles.